The molecule has 6 nitrogen and oxygen atoms in total. The van der Waals surface area contributed by atoms with Gasteiger partial charge in [-0.05, 0) is 37.0 Å². The van der Waals surface area contributed by atoms with Crippen molar-refractivity contribution in [1.29, 1.82) is 0 Å². The zero-order valence-electron chi connectivity index (χ0n) is 14.6. The Morgan fingerprint density at radius 2 is 2.08 bits per heavy atom. The molecule has 1 aromatic heterocycles. The molecule has 24 heavy (non-hydrogen) atoms. The minimum Gasteiger partial charge on any atom is -0.378 e. The van der Waals surface area contributed by atoms with Gasteiger partial charge in [0.15, 0.2) is 5.82 Å². The fourth-order valence-electron chi connectivity index (χ4n) is 2.54. The number of benzene rings is 1. The largest absolute Gasteiger partial charge is 0.378 e. The zero-order chi connectivity index (χ0) is 17.3. The average molecular weight is 328 g/mol. The molecule has 0 unspecified atom stereocenters. The highest BCUT2D eigenvalue weighted by Crippen LogP contribution is 2.38. The van der Waals surface area contributed by atoms with Gasteiger partial charge in [0.2, 0.25) is 5.89 Å². The maximum Gasteiger partial charge on any atom is 0.252 e. The molecule has 2 aromatic rings. The number of hydrogen-bond acceptors (Lipinski definition) is 5. The number of amides is 1. The van der Waals surface area contributed by atoms with Crippen molar-refractivity contribution < 1.29 is 9.32 Å². The van der Waals surface area contributed by atoms with Crippen LogP contribution in [0.1, 0.15) is 60.7 Å². The average Bonchev–Trinajstić information content (AvgIpc) is 3.30. The first kappa shape index (κ1) is 16.5. The topological polar surface area (TPSA) is 71.3 Å². The zero-order valence-corrected chi connectivity index (χ0v) is 14.6. The summed E-state index contributed by atoms with van der Waals surface area (Å²) in [6.45, 7) is 4.06. The van der Waals surface area contributed by atoms with Crippen LogP contribution in [0.25, 0.3) is 0 Å². The standard InChI is InChI=1S/C18H24N4O2/c1-11(2)15(18-20-16(21-24-18)12-8-9-12)19-17(23)13-6-5-7-14(10-13)22(3)4/h5-7,10-12,15H,8-9H2,1-4H3,(H,19,23)/t15-/m1/s1. The molecular weight excluding hydrogens is 304 g/mol. The Kier molecular flexibility index (Phi) is 4.55. The monoisotopic (exact) mass is 328 g/mol. The first-order valence-corrected chi connectivity index (χ1v) is 8.37. The van der Waals surface area contributed by atoms with Crippen LogP contribution < -0.4 is 10.2 Å². The van der Waals surface area contributed by atoms with Crippen LogP contribution in [-0.4, -0.2) is 30.1 Å². The van der Waals surface area contributed by atoms with Crippen molar-refractivity contribution in [3.8, 4) is 0 Å². The van der Waals surface area contributed by atoms with Gasteiger partial charge >= 0.3 is 0 Å². The van der Waals surface area contributed by atoms with Crippen LogP contribution in [0.2, 0.25) is 0 Å². The molecule has 0 spiro atoms. The second kappa shape index (κ2) is 6.63. The van der Waals surface area contributed by atoms with Gasteiger partial charge in [0, 0.05) is 31.3 Å². The lowest BCUT2D eigenvalue weighted by Crippen LogP contribution is -2.32. The molecule has 1 aromatic carbocycles. The molecule has 1 saturated carbocycles. The third kappa shape index (κ3) is 3.58. The molecule has 1 aliphatic rings. The van der Waals surface area contributed by atoms with E-state index in [2.05, 4.69) is 15.5 Å². The van der Waals surface area contributed by atoms with Crippen molar-refractivity contribution in [2.45, 2.75) is 38.6 Å². The Balaban J connectivity index is 1.77. The van der Waals surface area contributed by atoms with Gasteiger partial charge in [-0.2, -0.15) is 4.98 Å². The van der Waals surface area contributed by atoms with Crippen molar-refractivity contribution in [2.75, 3.05) is 19.0 Å². The Morgan fingerprint density at radius 1 is 1.33 bits per heavy atom. The Morgan fingerprint density at radius 3 is 2.71 bits per heavy atom. The highest BCUT2D eigenvalue weighted by atomic mass is 16.5. The van der Waals surface area contributed by atoms with Gasteiger partial charge in [-0.15, -0.1) is 0 Å². The Bertz CT molecular complexity index is 719. The number of carbonyl (C=O) groups is 1. The van der Waals surface area contributed by atoms with Crippen molar-refractivity contribution in [1.82, 2.24) is 15.5 Å². The summed E-state index contributed by atoms with van der Waals surface area (Å²) in [6.07, 6.45) is 2.24. The summed E-state index contributed by atoms with van der Waals surface area (Å²) in [5.74, 6) is 1.70. The van der Waals surface area contributed by atoms with Crippen LogP contribution in [0.4, 0.5) is 5.69 Å². The maximum atomic E-state index is 12.6. The molecular formula is C18H24N4O2. The summed E-state index contributed by atoms with van der Waals surface area (Å²) >= 11 is 0. The first-order valence-electron chi connectivity index (χ1n) is 8.37. The summed E-state index contributed by atoms with van der Waals surface area (Å²) in [5.41, 5.74) is 1.60. The normalized spacial score (nSPS) is 15.4. The van der Waals surface area contributed by atoms with Gasteiger partial charge in [-0.25, -0.2) is 0 Å². The van der Waals surface area contributed by atoms with Crippen molar-refractivity contribution in [2.24, 2.45) is 5.92 Å². The van der Waals surface area contributed by atoms with E-state index in [4.69, 9.17) is 4.52 Å². The lowest BCUT2D eigenvalue weighted by molar-refractivity contribution is 0.0914. The van der Waals surface area contributed by atoms with Gasteiger partial charge in [-0.1, -0.05) is 25.1 Å². The number of hydrogen-bond donors (Lipinski definition) is 1. The molecule has 0 bridgehead atoms. The first-order chi connectivity index (χ1) is 11.5. The number of nitrogens with zero attached hydrogens (tertiary/aromatic N) is 3. The third-order valence-corrected chi connectivity index (χ3v) is 4.24. The van der Waals surface area contributed by atoms with E-state index in [-0.39, 0.29) is 17.9 Å². The highest BCUT2D eigenvalue weighted by molar-refractivity contribution is 5.95. The third-order valence-electron chi connectivity index (χ3n) is 4.24. The lowest BCUT2D eigenvalue weighted by atomic mass is 10.0. The van der Waals surface area contributed by atoms with E-state index in [9.17, 15) is 4.79 Å². The van der Waals surface area contributed by atoms with Gasteiger partial charge in [0.1, 0.15) is 6.04 Å². The van der Waals surface area contributed by atoms with E-state index in [0.717, 1.165) is 24.4 Å². The van der Waals surface area contributed by atoms with Gasteiger partial charge < -0.3 is 14.7 Å². The van der Waals surface area contributed by atoms with E-state index in [1.54, 1.807) is 0 Å². The summed E-state index contributed by atoms with van der Waals surface area (Å²) in [6, 6.07) is 7.24. The molecule has 0 aliphatic heterocycles. The molecule has 1 amide bonds. The molecule has 3 rings (SSSR count). The summed E-state index contributed by atoms with van der Waals surface area (Å²) in [5, 5.41) is 7.09. The van der Waals surface area contributed by atoms with E-state index < -0.39 is 0 Å². The predicted molar refractivity (Wildman–Crippen MR) is 92.1 cm³/mol. The molecule has 0 radical (unpaired) electrons. The number of anilines is 1. The molecule has 1 atom stereocenters. The summed E-state index contributed by atoms with van der Waals surface area (Å²) < 4.78 is 5.40. The second-order valence-electron chi connectivity index (χ2n) is 6.90. The molecule has 1 fully saturated rings. The molecule has 0 saturated heterocycles. The Hall–Kier alpha value is -2.37. The fourth-order valence-corrected chi connectivity index (χ4v) is 2.54. The van der Waals surface area contributed by atoms with Crippen LogP contribution in [0, 0.1) is 5.92 Å². The maximum absolute atomic E-state index is 12.6. The summed E-state index contributed by atoms with van der Waals surface area (Å²) in [4.78, 5) is 19.1. The number of rotatable bonds is 6. The van der Waals surface area contributed by atoms with Gasteiger partial charge in [0.05, 0.1) is 0 Å². The van der Waals surface area contributed by atoms with Crippen LogP contribution in [0.15, 0.2) is 28.8 Å². The van der Waals surface area contributed by atoms with E-state index in [1.807, 2.05) is 57.1 Å². The fraction of sp³-hybridized carbons (Fsp3) is 0.500. The highest BCUT2D eigenvalue weighted by Gasteiger charge is 2.31. The van der Waals surface area contributed by atoms with Crippen LogP contribution >= 0.6 is 0 Å². The molecule has 1 aliphatic carbocycles. The number of nitrogens with one attached hydrogen (secondary N) is 1. The number of carbonyl (C=O) groups excluding carboxylic acids is 1. The second-order valence-corrected chi connectivity index (χ2v) is 6.90. The van der Waals surface area contributed by atoms with Gasteiger partial charge in [0.25, 0.3) is 5.91 Å². The summed E-state index contributed by atoms with van der Waals surface area (Å²) in [7, 11) is 3.90. The van der Waals surface area contributed by atoms with Crippen molar-refractivity contribution in [3.05, 3.63) is 41.5 Å². The quantitative estimate of drug-likeness (QED) is 0.882. The van der Waals surface area contributed by atoms with Crippen molar-refractivity contribution in [3.63, 3.8) is 0 Å². The molecule has 128 valence electrons. The smallest absolute Gasteiger partial charge is 0.252 e. The molecule has 1 N–H and O–H groups in total. The Labute approximate surface area is 142 Å². The van der Waals surface area contributed by atoms with Gasteiger partial charge in [-0.3, -0.25) is 4.79 Å². The minimum absolute atomic E-state index is 0.136. The van der Waals surface area contributed by atoms with Crippen LogP contribution in [0.5, 0.6) is 0 Å². The molecule has 6 heteroatoms. The van der Waals surface area contributed by atoms with Crippen LogP contribution in [-0.2, 0) is 0 Å². The van der Waals surface area contributed by atoms with E-state index >= 15 is 0 Å². The van der Waals surface area contributed by atoms with Crippen molar-refractivity contribution >= 4 is 11.6 Å². The predicted octanol–water partition coefficient (Wildman–Crippen LogP) is 3.14. The van der Waals surface area contributed by atoms with E-state index in [0.29, 0.717) is 17.4 Å². The SMILES string of the molecule is CC(C)[C@@H](NC(=O)c1cccc(N(C)C)c1)c1nc(C2CC2)no1. The van der Waals surface area contributed by atoms with Crippen LogP contribution in [0.3, 0.4) is 0 Å². The minimum atomic E-state index is -0.291. The van der Waals surface area contributed by atoms with E-state index in [1.165, 1.54) is 0 Å². The molecule has 1 heterocycles. The lowest BCUT2D eigenvalue weighted by Gasteiger charge is -2.19. The number of aromatic nitrogens is 2.